The van der Waals surface area contributed by atoms with Crippen LogP contribution < -0.4 is 5.32 Å². The number of nitrogens with one attached hydrogen (secondary N) is 1. The quantitative estimate of drug-likeness (QED) is 0.882. The lowest BCUT2D eigenvalue weighted by atomic mass is 10.1. The number of rotatable bonds is 4. The van der Waals surface area contributed by atoms with Crippen molar-refractivity contribution in [3.05, 3.63) is 42.1 Å². The highest BCUT2D eigenvalue weighted by Gasteiger charge is 2.12. The Morgan fingerprint density at radius 3 is 2.88 bits per heavy atom. The number of nitrogens with zero attached hydrogens (tertiary/aromatic N) is 2. The maximum absolute atomic E-state index is 5.50. The van der Waals surface area contributed by atoms with Crippen molar-refractivity contribution in [3.8, 4) is 0 Å². The summed E-state index contributed by atoms with van der Waals surface area (Å²) in [6.45, 7) is 7.96. The minimum absolute atomic E-state index is 0.111. The minimum atomic E-state index is 0.111. The van der Waals surface area contributed by atoms with Gasteiger partial charge in [-0.25, -0.2) is 0 Å². The molecule has 17 heavy (non-hydrogen) atoms. The zero-order valence-corrected chi connectivity index (χ0v) is 10.6. The fraction of sp³-hybridized carbons (Fsp3) is 0.462. The average molecular weight is 233 g/mol. The molecule has 0 bridgehead atoms. The number of hydrogen-bond acceptors (Lipinski definition) is 3. The van der Waals surface area contributed by atoms with Crippen LogP contribution in [0.25, 0.3) is 0 Å². The Morgan fingerprint density at radius 2 is 2.24 bits per heavy atom. The van der Waals surface area contributed by atoms with Crippen molar-refractivity contribution in [3.63, 3.8) is 0 Å². The normalized spacial score (nSPS) is 11.9. The highest BCUT2D eigenvalue weighted by atomic mass is 16.3. The van der Waals surface area contributed by atoms with E-state index in [1.54, 1.807) is 12.5 Å². The molecular weight excluding hydrogens is 214 g/mol. The van der Waals surface area contributed by atoms with Crippen LogP contribution in [0, 0.1) is 0 Å². The van der Waals surface area contributed by atoms with Crippen LogP contribution in [0.4, 0.5) is 0 Å². The predicted molar refractivity (Wildman–Crippen MR) is 66.6 cm³/mol. The fourth-order valence-corrected chi connectivity index (χ4v) is 1.56. The first kappa shape index (κ1) is 11.9. The number of aromatic nitrogens is 2. The molecule has 0 aliphatic carbocycles. The Hall–Kier alpha value is -1.55. The molecule has 4 nitrogen and oxygen atoms in total. The van der Waals surface area contributed by atoms with Crippen LogP contribution >= 0.6 is 0 Å². The largest absolute Gasteiger partial charge is 0.467 e. The van der Waals surface area contributed by atoms with E-state index in [0.717, 1.165) is 12.3 Å². The number of furan rings is 1. The average Bonchev–Trinajstić information content (AvgIpc) is 2.86. The van der Waals surface area contributed by atoms with Gasteiger partial charge in [0.1, 0.15) is 5.76 Å². The van der Waals surface area contributed by atoms with Crippen LogP contribution in [-0.2, 0) is 13.1 Å². The van der Waals surface area contributed by atoms with E-state index in [-0.39, 0.29) is 5.54 Å². The second kappa shape index (κ2) is 4.75. The van der Waals surface area contributed by atoms with Crippen LogP contribution in [0.5, 0.6) is 0 Å². The van der Waals surface area contributed by atoms with E-state index < -0.39 is 0 Å². The van der Waals surface area contributed by atoms with E-state index in [0.29, 0.717) is 6.54 Å². The summed E-state index contributed by atoms with van der Waals surface area (Å²) in [7, 11) is 0. The van der Waals surface area contributed by atoms with E-state index in [2.05, 4.69) is 31.2 Å². The van der Waals surface area contributed by atoms with Gasteiger partial charge in [0.2, 0.25) is 0 Å². The van der Waals surface area contributed by atoms with Crippen molar-refractivity contribution in [2.75, 3.05) is 0 Å². The second-order valence-electron chi connectivity index (χ2n) is 5.18. The van der Waals surface area contributed by atoms with Crippen LogP contribution in [0.15, 0.2) is 35.2 Å². The summed E-state index contributed by atoms with van der Waals surface area (Å²) < 4.78 is 7.36. The van der Waals surface area contributed by atoms with Crippen molar-refractivity contribution in [2.24, 2.45) is 0 Å². The summed E-state index contributed by atoms with van der Waals surface area (Å²) >= 11 is 0. The van der Waals surface area contributed by atoms with E-state index in [1.165, 1.54) is 5.56 Å². The molecule has 0 fully saturated rings. The molecule has 0 atom stereocenters. The highest BCUT2D eigenvalue weighted by molar-refractivity contribution is 5.17. The monoisotopic (exact) mass is 233 g/mol. The van der Waals surface area contributed by atoms with Gasteiger partial charge in [-0.05, 0) is 32.9 Å². The lowest BCUT2D eigenvalue weighted by Gasteiger charge is -2.20. The Balaban J connectivity index is 2.02. The van der Waals surface area contributed by atoms with Gasteiger partial charge in [0.05, 0.1) is 12.8 Å². The molecule has 0 unspecified atom stereocenters. The van der Waals surface area contributed by atoms with Gasteiger partial charge in [-0.1, -0.05) is 0 Å². The van der Waals surface area contributed by atoms with Crippen molar-refractivity contribution in [2.45, 2.75) is 39.4 Å². The van der Waals surface area contributed by atoms with Gasteiger partial charge in [-0.15, -0.1) is 0 Å². The summed E-state index contributed by atoms with van der Waals surface area (Å²) in [5.41, 5.74) is 1.30. The Bertz CT molecular complexity index is 451. The molecule has 0 saturated heterocycles. The van der Waals surface area contributed by atoms with Crippen molar-refractivity contribution < 1.29 is 4.42 Å². The van der Waals surface area contributed by atoms with E-state index >= 15 is 0 Å². The Labute approximate surface area is 102 Å². The van der Waals surface area contributed by atoms with Crippen LogP contribution in [0.2, 0.25) is 0 Å². The maximum Gasteiger partial charge on any atom is 0.129 e. The van der Waals surface area contributed by atoms with Crippen LogP contribution in [0.3, 0.4) is 0 Å². The maximum atomic E-state index is 5.50. The zero-order chi connectivity index (χ0) is 12.3. The van der Waals surface area contributed by atoms with Crippen LogP contribution in [0.1, 0.15) is 32.1 Å². The third kappa shape index (κ3) is 3.46. The molecule has 0 aliphatic heterocycles. The molecule has 0 saturated carbocycles. The van der Waals surface area contributed by atoms with Crippen molar-refractivity contribution in [1.29, 1.82) is 0 Å². The zero-order valence-electron chi connectivity index (χ0n) is 10.6. The lowest BCUT2D eigenvalue weighted by molar-refractivity contribution is 0.416. The molecule has 0 amide bonds. The first-order valence-electron chi connectivity index (χ1n) is 5.82. The van der Waals surface area contributed by atoms with Gasteiger partial charge in [-0.2, -0.15) is 5.10 Å². The van der Waals surface area contributed by atoms with Gasteiger partial charge in [0, 0.05) is 30.0 Å². The molecular formula is C13H19N3O. The molecule has 0 radical (unpaired) electrons. The van der Waals surface area contributed by atoms with Crippen molar-refractivity contribution >= 4 is 0 Å². The SMILES string of the molecule is CC(C)(C)NCc1ccoc1Cn1cccn1. The Morgan fingerprint density at radius 1 is 1.41 bits per heavy atom. The molecule has 0 aliphatic rings. The molecule has 4 heteroatoms. The predicted octanol–water partition coefficient (Wildman–Crippen LogP) is 2.41. The summed E-state index contributed by atoms with van der Waals surface area (Å²) in [6, 6.07) is 3.92. The summed E-state index contributed by atoms with van der Waals surface area (Å²) in [6.07, 6.45) is 5.44. The first-order valence-corrected chi connectivity index (χ1v) is 5.82. The van der Waals surface area contributed by atoms with Gasteiger partial charge >= 0.3 is 0 Å². The van der Waals surface area contributed by atoms with E-state index in [4.69, 9.17) is 4.42 Å². The fourth-order valence-electron chi connectivity index (χ4n) is 1.56. The third-order valence-corrected chi connectivity index (χ3v) is 2.51. The van der Waals surface area contributed by atoms with E-state index in [9.17, 15) is 0 Å². The lowest BCUT2D eigenvalue weighted by Crippen LogP contribution is -2.35. The molecule has 2 aromatic heterocycles. The highest BCUT2D eigenvalue weighted by Crippen LogP contribution is 2.13. The number of hydrogen-bond donors (Lipinski definition) is 1. The van der Waals surface area contributed by atoms with Gasteiger partial charge in [0.15, 0.2) is 0 Å². The molecule has 2 aromatic rings. The molecule has 92 valence electrons. The molecule has 0 spiro atoms. The molecule has 1 N–H and O–H groups in total. The summed E-state index contributed by atoms with van der Waals surface area (Å²) in [4.78, 5) is 0. The first-order chi connectivity index (χ1) is 8.04. The summed E-state index contributed by atoms with van der Waals surface area (Å²) in [5.74, 6) is 0.963. The van der Waals surface area contributed by atoms with Gasteiger partial charge in [0.25, 0.3) is 0 Å². The van der Waals surface area contributed by atoms with Gasteiger partial charge < -0.3 is 9.73 Å². The summed E-state index contributed by atoms with van der Waals surface area (Å²) in [5, 5.41) is 7.63. The van der Waals surface area contributed by atoms with Crippen molar-refractivity contribution in [1.82, 2.24) is 15.1 Å². The minimum Gasteiger partial charge on any atom is -0.467 e. The third-order valence-electron chi connectivity index (χ3n) is 2.51. The molecule has 2 rings (SSSR count). The van der Waals surface area contributed by atoms with E-state index in [1.807, 2.05) is 23.0 Å². The van der Waals surface area contributed by atoms with Gasteiger partial charge in [-0.3, -0.25) is 4.68 Å². The molecule has 0 aromatic carbocycles. The molecule has 2 heterocycles. The van der Waals surface area contributed by atoms with Crippen LogP contribution in [-0.4, -0.2) is 15.3 Å². The second-order valence-corrected chi connectivity index (χ2v) is 5.18. The Kier molecular flexibility index (Phi) is 3.33. The topological polar surface area (TPSA) is 43.0 Å². The smallest absolute Gasteiger partial charge is 0.129 e. The standard InChI is InChI=1S/C13H19N3O/c1-13(2,3)14-9-11-5-8-17-12(11)10-16-7-4-6-15-16/h4-8,14H,9-10H2,1-3H3.